The number of carbonyl (C=O) groups is 2. The third-order valence-corrected chi connectivity index (χ3v) is 5.24. The number of carboxylic acid groups (broad SMARTS) is 2. The van der Waals surface area contributed by atoms with E-state index in [1.807, 2.05) is 18.2 Å². The van der Waals surface area contributed by atoms with E-state index in [-0.39, 0.29) is 31.6 Å². The molecule has 2 aliphatic rings. The maximum absolute atomic E-state index is 10.2. The average molecular weight is 568 g/mol. The molecule has 2 aliphatic heterocycles. The summed E-state index contributed by atoms with van der Waals surface area (Å²) >= 11 is 0. The SMILES string of the molecule is CC(C)[C@H]1COC(c2cccc(C3=N[C@@H](C(C)C)CO3)n2)=N1.O=C([O-])c1cccc(C(=O)[O-])n1.[Ru+2]. The third-order valence-electron chi connectivity index (χ3n) is 5.24. The van der Waals surface area contributed by atoms with Gasteiger partial charge >= 0.3 is 19.5 Å². The summed E-state index contributed by atoms with van der Waals surface area (Å²) in [5.41, 5.74) is 0.660. The van der Waals surface area contributed by atoms with Crippen molar-refractivity contribution in [2.75, 3.05) is 13.2 Å². The Hall–Kier alpha value is -3.20. The Kier molecular flexibility index (Phi) is 10.0. The van der Waals surface area contributed by atoms with E-state index in [0.717, 1.165) is 23.5 Å². The van der Waals surface area contributed by atoms with Crippen LogP contribution in [0.15, 0.2) is 46.4 Å². The minimum Gasteiger partial charge on any atom is -0.543 e. The zero-order chi connectivity index (χ0) is 24.8. The molecule has 0 saturated heterocycles. The van der Waals surface area contributed by atoms with E-state index in [1.165, 1.54) is 6.07 Å². The molecule has 0 fully saturated rings. The van der Waals surface area contributed by atoms with Crippen LogP contribution in [0.25, 0.3) is 0 Å². The zero-order valence-corrected chi connectivity index (χ0v) is 21.5. The minimum absolute atomic E-state index is 0. The Morgan fingerprint density at radius 2 is 1.17 bits per heavy atom. The van der Waals surface area contributed by atoms with Crippen molar-refractivity contribution in [2.45, 2.75) is 39.8 Å². The number of nitrogens with zero attached hydrogens (tertiary/aromatic N) is 4. The van der Waals surface area contributed by atoms with Crippen LogP contribution >= 0.6 is 0 Å². The molecular formula is C24H26N4O6Ru. The Labute approximate surface area is 216 Å². The van der Waals surface area contributed by atoms with Gasteiger partial charge in [0.25, 0.3) is 0 Å². The van der Waals surface area contributed by atoms with E-state index in [4.69, 9.17) is 9.47 Å². The van der Waals surface area contributed by atoms with Crippen LogP contribution in [0.3, 0.4) is 0 Å². The van der Waals surface area contributed by atoms with Crippen LogP contribution in [0, 0.1) is 11.8 Å². The van der Waals surface area contributed by atoms with Gasteiger partial charge in [0, 0.05) is 0 Å². The molecule has 0 aromatic carbocycles. The molecule has 2 aromatic heterocycles. The Balaban J connectivity index is 0.000000284. The molecule has 4 heterocycles. The van der Waals surface area contributed by atoms with Gasteiger partial charge in [-0.3, -0.25) is 0 Å². The molecule has 10 nitrogen and oxygen atoms in total. The number of pyridine rings is 2. The largest absolute Gasteiger partial charge is 2.00 e. The molecule has 0 unspecified atom stereocenters. The second kappa shape index (κ2) is 12.5. The number of aromatic carboxylic acids is 2. The van der Waals surface area contributed by atoms with Crippen molar-refractivity contribution >= 4 is 23.7 Å². The molecule has 2 atom stereocenters. The topological polar surface area (TPSA) is 149 Å². The van der Waals surface area contributed by atoms with Gasteiger partial charge in [-0.2, -0.15) is 0 Å². The molecule has 0 bridgehead atoms. The van der Waals surface area contributed by atoms with Crippen molar-refractivity contribution in [3.8, 4) is 0 Å². The van der Waals surface area contributed by atoms with Crippen LogP contribution in [0.4, 0.5) is 0 Å². The number of aliphatic imine (C=N–C) groups is 2. The summed E-state index contributed by atoms with van der Waals surface area (Å²) in [5.74, 6) is -0.847. The number of carbonyl (C=O) groups excluding carboxylic acids is 2. The second-order valence-corrected chi connectivity index (χ2v) is 8.50. The monoisotopic (exact) mass is 568 g/mol. The van der Waals surface area contributed by atoms with E-state index in [1.54, 1.807) is 0 Å². The van der Waals surface area contributed by atoms with Crippen LogP contribution in [0.5, 0.6) is 0 Å². The summed E-state index contributed by atoms with van der Waals surface area (Å²) in [7, 11) is 0. The number of hydrogen-bond acceptors (Lipinski definition) is 10. The number of carboxylic acids is 2. The molecule has 2 aromatic rings. The molecule has 0 radical (unpaired) electrons. The van der Waals surface area contributed by atoms with E-state index >= 15 is 0 Å². The van der Waals surface area contributed by atoms with Crippen molar-refractivity contribution in [1.82, 2.24) is 9.97 Å². The first-order valence-corrected chi connectivity index (χ1v) is 10.9. The molecule has 4 rings (SSSR count). The summed E-state index contributed by atoms with van der Waals surface area (Å²) in [6.07, 6.45) is 0. The first-order valence-electron chi connectivity index (χ1n) is 10.9. The van der Waals surface area contributed by atoms with Crippen LogP contribution in [0.2, 0.25) is 0 Å². The minimum atomic E-state index is -1.52. The predicted molar refractivity (Wildman–Crippen MR) is 119 cm³/mol. The fourth-order valence-corrected chi connectivity index (χ4v) is 3.08. The number of ether oxygens (including phenoxy) is 2. The molecule has 0 saturated carbocycles. The molecular weight excluding hydrogens is 541 g/mol. The molecule has 0 amide bonds. The van der Waals surface area contributed by atoms with Gasteiger partial charge in [-0.25, -0.2) is 20.0 Å². The Morgan fingerprint density at radius 3 is 1.51 bits per heavy atom. The van der Waals surface area contributed by atoms with Crippen LogP contribution in [0.1, 0.15) is 60.1 Å². The standard InChI is InChI=1S/C17H23N3O2.C7H5NO4.Ru/c1-10(2)14-8-21-16(19-14)12-6-5-7-13(18-12)17-20-15(9-22-17)11(3)4;9-6(10)4-2-1-3-5(8-4)7(11)12;/h5-7,10-11,14-15H,8-9H2,1-4H3;1-3H,(H,9,10)(H,11,12);/q;;+2/p-2/t14-,15-;;/m1../s1. The van der Waals surface area contributed by atoms with Gasteiger partial charge in [0.15, 0.2) is 0 Å². The fourth-order valence-electron chi connectivity index (χ4n) is 3.08. The second-order valence-electron chi connectivity index (χ2n) is 8.50. The van der Waals surface area contributed by atoms with Gasteiger partial charge in [-0.1, -0.05) is 39.8 Å². The van der Waals surface area contributed by atoms with Crippen molar-refractivity contribution < 1.29 is 48.8 Å². The van der Waals surface area contributed by atoms with Gasteiger partial charge < -0.3 is 29.3 Å². The summed E-state index contributed by atoms with van der Waals surface area (Å²) in [6.45, 7) is 9.86. The van der Waals surface area contributed by atoms with Crippen LogP contribution < -0.4 is 10.2 Å². The van der Waals surface area contributed by atoms with Gasteiger partial charge in [0.2, 0.25) is 11.8 Å². The summed E-state index contributed by atoms with van der Waals surface area (Å²) < 4.78 is 11.4. The van der Waals surface area contributed by atoms with Crippen molar-refractivity contribution in [3.05, 3.63) is 59.2 Å². The van der Waals surface area contributed by atoms with Crippen molar-refractivity contribution in [2.24, 2.45) is 21.8 Å². The summed E-state index contributed by atoms with van der Waals surface area (Å²) in [4.78, 5) is 37.5. The number of rotatable bonds is 6. The number of hydrogen-bond donors (Lipinski definition) is 0. The molecule has 186 valence electrons. The maximum atomic E-state index is 10.2. The van der Waals surface area contributed by atoms with E-state index in [0.29, 0.717) is 36.8 Å². The normalized spacial score (nSPS) is 18.5. The Morgan fingerprint density at radius 1 is 0.771 bits per heavy atom. The molecule has 0 N–H and O–H groups in total. The molecule has 0 spiro atoms. The van der Waals surface area contributed by atoms with Crippen molar-refractivity contribution in [3.63, 3.8) is 0 Å². The first-order chi connectivity index (χ1) is 16.2. The van der Waals surface area contributed by atoms with Gasteiger partial charge in [0.1, 0.15) is 24.6 Å². The third kappa shape index (κ3) is 7.39. The van der Waals surface area contributed by atoms with Gasteiger partial charge in [0.05, 0.1) is 35.4 Å². The summed E-state index contributed by atoms with van der Waals surface area (Å²) in [6, 6.07) is 9.74. The van der Waals surface area contributed by atoms with Crippen LogP contribution in [-0.2, 0) is 29.0 Å². The Bertz CT molecular complexity index is 1040. The van der Waals surface area contributed by atoms with Crippen molar-refractivity contribution in [1.29, 1.82) is 0 Å². The van der Waals surface area contributed by atoms with Crippen LogP contribution in [-0.4, -0.2) is 59.0 Å². The quantitative estimate of drug-likeness (QED) is 0.458. The number of aromatic nitrogens is 2. The summed E-state index contributed by atoms with van der Waals surface area (Å²) in [5, 5.41) is 20.4. The molecule has 11 heteroatoms. The predicted octanol–water partition coefficient (Wildman–Crippen LogP) is 0.491. The maximum Gasteiger partial charge on any atom is 2.00 e. The molecule has 35 heavy (non-hydrogen) atoms. The van der Waals surface area contributed by atoms with Gasteiger partial charge in [-0.15, -0.1) is 0 Å². The zero-order valence-electron chi connectivity index (χ0n) is 19.8. The van der Waals surface area contributed by atoms with E-state index < -0.39 is 23.3 Å². The smallest absolute Gasteiger partial charge is 0.543 e. The van der Waals surface area contributed by atoms with Gasteiger partial charge in [-0.05, 0) is 36.1 Å². The molecule has 0 aliphatic carbocycles. The first kappa shape index (κ1) is 28.0. The fraction of sp³-hybridized carbons (Fsp3) is 0.417. The average Bonchev–Trinajstić information content (AvgIpc) is 3.50. The van der Waals surface area contributed by atoms with E-state index in [9.17, 15) is 19.8 Å². The van der Waals surface area contributed by atoms with E-state index in [2.05, 4.69) is 47.6 Å².